The van der Waals surface area contributed by atoms with Gasteiger partial charge in [-0.25, -0.2) is 0 Å². The molecule has 1 saturated heterocycles. The average Bonchev–Trinajstić information content (AvgIpc) is 2.54. The first-order valence-corrected chi connectivity index (χ1v) is 9.51. The second-order valence-electron chi connectivity index (χ2n) is 6.33. The minimum atomic E-state index is -3.43. The van der Waals surface area contributed by atoms with Gasteiger partial charge in [-0.2, -0.15) is 17.0 Å². The lowest BCUT2D eigenvalue weighted by Gasteiger charge is -2.39. The van der Waals surface area contributed by atoms with Crippen molar-refractivity contribution in [1.29, 1.82) is 0 Å². The smallest absolute Gasteiger partial charge is 0.282 e. The first-order chi connectivity index (χ1) is 10.3. The number of hydrogen-bond acceptors (Lipinski definition) is 4. The molecule has 0 radical (unpaired) electrons. The van der Waals surface area contributed by atoms with E-state index in [9.17, 15) is 13.2 Å². The van der Waals surface area contributed by atoms with Gasteiger partial charge >= 0.3 is 0 Å². The summed E-state index contributed by atoms with van der Waals surface area (Å²) < 4.78 is 28.5. The topological polar surface area (TPSA) is 87.0 Å². The van der Waals surface area contributed by atoms with E-state index >= 15 is 0 Å². The van der Waals surface area contributed by atoms with Gasteiger partial charge in [0.2, 0.25) is 5.91 Å². The molecule has 0 aromatic heterocycles. The molecule has 1 saturated carbocycles. The van der Waals surface area contributed by atoms with E-state index < -0.39 is 16.3 Å². The van der Waals surface area contributed by atoms with Gasteiger partial charge in [0.15, 0.2) is 0 Å². The maximum absolute atomic E-state index is 12.7. The van der Waals surface area contributed by atoms with Crippen LogP contribution in [0.2, 0.25) is 0 Å². The molecule has 2 aliphatic rings. The molecular formula is C14H28N4O3S. The molecule has 0 spiro atoms. The van der Waals surface area contributed by atoms with Gasteiger partial charge in [0.25, 0.3) is 10.2 Å². The maximum Gasteiger partial charge on any atom is 0.282 e. The van der Waals surface area contributed by atoms with Gasteiger partial charge in [-0.3, -0.25) is 4.79 Å². The van der Waals surface area contributed by atoms with E-state index in [1.54, 1.807) is 18.9 Å². The summed E-state index contributed by atoms with van der Waals surface area (Å²) in [6, 6.07) is -0.421. The summed E-state index contributed by atoms with van der Waals surface area (Å²) in [4.78, 5) is 13.5. The number of piperazine rings is 1. The highest BCUT2D eigenvalue weighted by Crippen LogP contribution is 2.25. The van der Waals surface area contributed by atoms with Crippen molar-refractivity contribution in [2.24, 2.45) is 5.73 Å². The molecule has 1 aliphatic carbocycles. The molecular weight excluding hydrogens is 304 g/mol. The van der Waals surface area contributed by atoms with Crippen LogP contribution in [0.3, 0.4) is 0 Å². The SMILES string of the molecule is C[C@@H](N)C(=O)N1CCN(S(=O)(=O)N(C)C2CCCCC2)CC1. The third-order valence-electron chi connectivity index (χ3n) is 4.72. The van der Waals surface area contributed by atoms with Gasteiger partial charge in [0, 0.05) is 39.3 Å². The Hall–Kier alpha value is -0.700. The largest absolute Gasteiger partial charge is 0.339 e. The minimum Gasteiger partial charge on any atom is -0.339 e. The number of rotatable bonds is 4. The van der Waals surface area contributed by atoms with Crippen LogP contribution in [0.25, 0.3) is 0 Å². The first-order valence-electron chi connectivity index (χ1n) is 8.11. The van der Waals surface area contributed by atoms with Crippen LogP contribution in [-0.2, 0) is 15.0 Å². The van der Waals surface area contributed by atoms with Crippen LogP contribution in [0.1, 0.15) is 39.0 Å². The lowest BCUT2D eigenvalue weighted by Crippen LogP contribution is -2.56. The molecule has 7 nitrogen and oxygen atoms in total. The van der Waals surface area contributed by atoms with Gasteiger partial charge in [-0.05, 0) is 19.8 Å². The summed E-state index contributed by atoms with van der Waals surface area (Å²) >= 11 is 0. The Kier molecular flexibility index (Phi) is 5.81. The van der Waals surface area contributed by atoms with Crippen molar-refractivity contribution in [2.45, 2.75) is 51.1 Å². The molecule has 0 aromatic carbocycles. The summed E-state index contributed by atoms with van der Waals surface area (Å²) in [5, 5.41) is 0. The van der Waals surface area contributed by atoms with E-state index in [2.05, 4.69) is 0 Å². The third-order valence-corrected chi connectivity index (χ3v) is 6.76. The van der Waals surface area contributed by atoms with Crippen LogP contribution < -0.4 is 5.73 Å². The average molecular weight is 332 g/mol. The normalized spacial score (nSPS) is 23.7. The van der Waals surface area contributed by atoms with Gasteiger partial charge in [0.1, 0.15) is 0 Å². The molecule has 0 aromatic rings. The molecule has 1 amide bonds. The highest BCUT2D eigenvalue weighted by molar-refractivity contribution is 7.86. The van der Waals surface area contributed by atoms with E-state index in [-0.39, 0.29) is 11.9 Å². The van der Waals surface area contributed by atoms with Crippen molar-refractivity contribution in [1.82, 2.24) is 13.5 Å². The van der Waals surface area contributed by atoms with E-state index in [0.717, 1.165) is 25.7 Å². The molecule has 2 fully saturated rings. The zero-order valence-electron chi connectivity index (χ0n) is 13.6. The standard InChI is InChI=1S/C14H28N4O3S/c1-12(15)14(19)17-8-10-18(11-9-17)22(20,21)16(2)13-6-4-3-5-7-13/h12-13H,3-11,15H2,1-2H3/t12-/m1/s1. The van der Waals surface area contributed by atoms with Gasteiger partial charge in [-0.15, -0.1) is 0 Å². The Morgan fingerprint density at radius 2 is 1.68 bits per heavy atom. The molecule has 22 heavy (non-hydrogen) atoms. The lowest BCUT2D eigenvalue weighted by atomic mass is 9.96. The van der Waals surface area contributed by atoms with E-state index in [0.29, 0.717) is 26.2 Å². The number of hydrogen-bond donors (Lipinski definition) is 1. The van der Waals surface area contributed by atoms with Crippen LogP contribution in [0, 0.1) is 0 Å². The Bertz CT molecular complexity index is 480. The zero-order valence-corrected chi connectivity index (χ0v) is 14.4. The summed E-state index contributed by atoms with van der Waals surface area (Å²) in [7, 11) is -1.75. The van der Waals surface area contributed by atoms with Crippen molar-refractivity contribution in [2.75, 3.05) is 33.2 Å². The summed E-state index contributed by atoms with van der Waals surface area (Å²) in [6.45, 7) is 3.17. The second-order valence-corrected chi connectivity index (χ2v) is 8.32. The fraction of sp³-hybridized carbons (Fsp3) is 0.929. The maximum atomic E-state index is 12.7. The van der Waals surface area contributed by atoms with Gasteiger partial charge in [0.05, 0.1) is 6.04 Å². The highest BCUT2D eigenvalue weighted by Gasteiger charge is 2.35. The molecule has 0 unspecified atom stereocenters. The van der Waals surface area contributed by atoms with Crippen LogP contribution in [-0.4, -0.2) is 73.1 Å². The molecule has 8 heteroatoms. The third kappa shape index (κ3) is 3.79. The predicted octanol–water partition coefficient (Wildman–Crippen LogP) is -0.0129. The number of carbonyl (C=O) groups is 1. The minimum absolute atomic E-state index is 0.113. The fourth-order valence-corrected chi connectivity index (χ4v) is 4.82. The van der Waals surface area contributed by atoms with Crippen molar-refractivity contribution in [3.8, 4) is 0 Å². The van der Waals surface area contributed by atoms with Crippen molar-refractivity contribution >= 4 is 16.1 Å². The second kappa shape index (κ2) is 7.25. The molecule has 1 aliphatic heterocycles. The summed E-state index contributed by atoms with van der Waals surface area (Å²) in [5.41, 5.74) is 5.60. The van der Waals surface area contributed by atoms with E-state index in [4.69, 9.17) is 5.73 Å². The summed E-state index contributed by atoms with van der Waals surface area (Å²) in [6.07, 6.45) is 5.28. The molecule has 0 bridgehead atoms. The Morgan fingerprint density at radius 1 is 1.14 bits per heavy atom. The molecule has 128 valence electrons. The Labute approximate surface area is 133 Å². The Morgan fingerprint density at radius 3 is 2.18 bits per heavy atom. The van der Waals surface area contributed by atoms with Crippen LogP contribution in [0.15, 0.2) is 0 Å². The quantitative estimate of drug-likeness (QED) is 0.784. The van der Waals surface area contributed by atoms with Gasteiger partial charge < -0.3 is 10.6 Å². The summed E-state index contributed by atoms with van der Waals surface area (Å²) in [5.74, 6) is -0.113. The first kappa shape index (κ1) is 17.7. The van der Waals surface area contributed by atoms with Crippen molar-refractivity contribution in [3.63, 3.8) is 0 Å². The van der Waals surface area contributed by atoms with Crippen LogP contribution >= 0.6 is 0 Å². The van der Waals surface area contributed by atoms with Gasteiger partial charge in [-0.1, -0.05) is 19.3 Å². The number of nitrogens with two attached hydrogens (primary N) is 1. The molecule has 1 atom stereocenters. The lowest BCUT2D eigenvalue weighted by molar-refractivity contribution is -0.133. The number of amides is 1. The van der Waals surface area contributed by atoms with Crippen LogP contribution in [0.4, 0.5) is 0 Å². The highest BCUT2D eigenvalue weighted by atomic mass is 32.2. The molecule has 2 N–H and O–H groups in total. The van der Waals surface area contributed by atoms with E-state index in [1.165, 1.54) is 15.0 Å². The van der Waals surface area contributed by atoms with Crippen molar-refractivity contribution in [3.05, 3.63) is 0 Å². The Balaban J connectivity index is 1.95. The van der Waals surface area contributed by atoms with Crippen molar-refractivity contribution < 1.29 is 13.2 Å². The van der Waals surface area contributed by atoms with E-state index in [1.807, 2.05) is 0 Å². The molecule has 1 heterocycles. The monoisotopic (exact) mass is 332 g/mol. The van der Waals surface area contributed by atoms with Crippen LogP contribution in [0.5, 0.6) is 0 Å². The fourth-order valence-electron chi connectivity index (χ4n) is 3.24. The number of nitrogens with zero attached hydrogens (tertiary/aromatic N) is 3. The number of carbonyl (C=O) groups excluding carboxylic acids is 1. The predicted molar refractivity (Wildman–Crippen MR) is 85.4 cm³/mol. The molecule has 2 rings (SSSR count). The zero-order chi connectivity index (χ0) is 16.3.